The maximum absolute atomic E-state index is 13.9. The van der Waals surface area contributed by atoms with Crippen LogP contribution in [-0.4, -0.2) is 42.9 Å². The molecule has 0 saturated heterocycles. The molecule has 19 heavy (non-hydrogen) atoms. The van der Waals surface area contributed by atoms with Crippen molar-refractivity contribution in [3.8, 4) is 0 Å². The molecule has 0 unspecified atom stereocenters. The molecular weight excluding hydrogens is 253 g/mol. The topological polar surface area (TPSA) is 75.5 Å². The fourth-order valence-corrected chi connectivity index (χ4v) is 1.60. The van der Waals surface area contributed by atoms with Crippen molar-refractivity contribution in [3.05, 3.63) is 39.2 Å². The van der Waals surface area contributed by atoms with Crippen molar-refractivity contribution in [2.24, 2.45) is 0 Å². The number of aryl methyl sites for hydroxylation is 1. The van der Waals surface area contributed by atoms with E-state index < -0.39 is 16.6 Å². The Labute approximate surface area is 110 Å². The van der Waals surface area contributed by atoms with Crippen molar-refractivity contribution in [3.63, 3.8) is 0 Å². The second-order valence-electron chi connectivity index (χ2n) is 4.21. The van der Waals surface area contributed by atoms with Gasteiger partial charge in [0.25, 0.3) is 11.6 Å². The zero-order chi connectivity index (χ0) is 14.6. The number of hydrogen-bond acceptors (Lipinski definition) is 4. The first-order valence-electron chi connectivity index (χ1n) is 5.73. The third kappa shape index (κ3) is 3.47. The molecule has 0 aliphatic carbocycles. The molecular formula is C12H16FN3O3. The molecule has 0 fully saturated rings. The molecule has 1 amide bonds. The smallest absolute Gasteiger partial charge is 0.270 e. The number of nitro benzene ring substituents is 1. The number of nitrogens with one attached hydrogen (secondary N) is 1. The van der Waals surface area contributed by atoms with Crippen molar-refractivity contribution in [1.82, 2.24) is 10.2 Å². The van der Waals surface area contributed by atoms with Crippen molar-refractivity contribution in [2.75, 3.05) is 27.2 Å². The molecule has 104 valence electrons. The Morgan fingerprint density at radius 2 is 2.16 bits per heavy atom. The van der Waals surface area contributed by atoms with Gasteiger partial charge in [-0.2, -0.15) is 0 Å². The minimum atomic E-state index is -0.716. The van der Waals surface area contributed by atoms with Crippen LogP contribution in [0, 0.1) is 22.9 Å². The molecule has 0 aromatic heterocycles. The number of hydrogen-bond donors (Lipinski definition) is 1. The molecule has 0 aliphatic heterocycles. The average molecular weight is 269 g/mol. The zero-order valence-corrected chi connectivity index (χ0v) is 11.1. The molecule has 1 aromatic rings. The summed E-state index contributed by atoms with van der Waals surface area (Å²) in [5, 5.41) is 13.6. The Morgan fingerprint density at radius 3 is 2.68 bits per heavy atom. The van der Waals surface area contributed by atoms with E-state index in [1.807, 2.05) is 0 Å². The van der Waals surface area contributed by atoms with Crippen molar-refractivity contribution >= 4 is 11.6 Å². The van der Waals surface area contributed by atoms with Gasteiger partial charge in [-0.3, -0.25) is 14.9 Å². The molecule has 1 aromatic carbocycles. The summed E-state index contributed by atoms with van der Waals surface area (Å²) in [5.41, 5.74) is -0.478. The number of nitro groups is 1. The van der Waals surface area contributed by atoms with Gasteiger partial charge in [0.05, 0.1) is 10.5 Å². The van der Waals surface area contributed by atoms with E-state index in [4.69, 9.17) is 0 Å². The normalized spacial score (nSPS) is 10.3. The number of likely N-dealkylation sites (N-methyl/N-ethyl adjacent to an activating group) is 2. The van der Waals surface area contributed by atoms with Crippen molar-refractivity contribution in [2.45, 2.75) is 6.92 Å². The van der Waals surface area contributed by atoms with Gasteiger partial charge in [-0.05, 0) is 19.5 Å². The Morgan fingerprint density at radius 1 is 1.53 bits per heavy atom. The minimum absolute atomic E-state index is 0.0829. The van der Waals surface area contributed by atoms with Gasteiger partial charge in [0.1, 0.15) is 5.82 Å². The van der Waals surface area contributed by atoms with E-state index in [0.717, 1.165) is 12.1 Å². The van der Waals surface area contributed by atoms with Gasteiger partial charge in [-0.15, -0.1) is 0 Å². The molecule has 0 saturated carbocycles. The van der Waals surface area contributed by atoms with Gasteiger partial charge in [0.15, 0.2) is 0 Å². The highest BCUT2D eigenvalue weighted by Crippen LogP contribution is 2.21. The number of halogens is 1. The molecule has 0 spiro atoms. The minimum Gasteiger partial charge on any atom is -0.340 e. The van der Waals surface area contributed by atoms with Crippen LogP contribution in [0.25, 0.3) is 0 Å². The summed E-state index contributed by atoms with van der Waals surface area (Å²) in [5.74, 6) is -1.29. The Hall–Kier alpha value is -2.02. The maximum atomic E-state index is 13.9. The van der Waals surface area contributed by atoms with Gasteiger partial charge in [-0.1, -0.05) is 0 Å². The van der Waals surface area contributed by atoms with Crippen LogP contribution in [0.4, 0.5) is 10.1 Å². The fourth-order valence-electron chi connectivity index (χ4n) is 1.60. The highest BCUT2D eigenvalue weighted by Gasteiger charge is 2.21. The maximum Gasteiger partial charge on any atom is 0.270 e. The van der Waals surface area contributed by atoms with Gasteiger partial charge in [0, 0.05) is 32.3 Å². The third-order valence-electron chi connectivity index (χ3n) is 2.72. The molecule has 0 atom stereocenters. The largest absolute Gasteiger partial charge is 0.340 e. The van der Waals surface area contributed by atoms with Crippen molar-refractivity contribution < 1.29 is 14.1 Å². The SMILES string of the molecule is CNCCN(C)C(=O)c1cc([N+](=O)[O-])cc(C)c1F. The van der Waals surface area contributed by atoms with Crippen molar-refractivity contribution in [1.29, 1.82) is 0 Å². The van der Waals surface area contributed by atoms with Crippen LogP contribution in [0.1, 0.15) is 15.9 Å². The van der Waals surface area contributed by atoms with E-state index >= 15 is 0 Å². The Kier molecular flexibility index (Phi) is 4.94. The number of carbonyl (C=O) groups is 1. The molecule has 1 N–H and O–H groups in total. The molecule has 7 heteroatoms. The first-order chi connectivity index (χ1) is 8.88. The molecule has 6 nitrogen and oxygen atoms in total. The lowest BCUT2D eigenvalue weighted by molar-refractivity contribution is -0.385. The summed E-state index contributed by atoms with van der Waals surface area (Å²) >= 11 is 0. The summed E-state index contributed by atoms with van der Waals surface area (Å²) < 4.78 is 13.9. The van der Waals surface area contributed by atoms with Crippen LogP contribution in [0.2, 0.25) is 0 Å². The monoisotopic (exact) mass is 269 g/mol. The predicted molar refractivity (Wildman–Crippen MR) is 68.7 cm³/mol. The lowest BCUT2D eigenvalue weighted by atomic mass is 10.1. The second-order valence-corrected chi connectivity index (χ2v) is 4.21. The number of amides is 1. The lowest BCUT2D eigenvalue weighted by Gasteiger charge is -2.17. The predicted octanol–water partition coefficient (Wildman–Crippen LogP) is 1.33. The molecule has 1 rings (SSSR count). The van der Waals surface area contributed by atoms with Crippen LogP contribution in [0.5, 0.6) is 0 Å². The first-order valence-corrected chi connectivity index (χ1v) is 5.73. The van der Waals surface area contributed by atoms with E-state index in [0.29, 0.717) is 13.1 Å². The summed E-state index contributed by atoms with van der Waals surface area (Å²) in [6.45, 7) is 2.33. The van der Waals surface area contributed by atoms with Crippen LogP contribution in [-0.2, 0) is 0 Å². The van der Waals surface area contributed by atoms with Gasteiger partial charge < -0.3 is 10.2 Å². The highest BCUT2D eigenvalue weighted by atomic mass is 19.1. The summed E-state index contributed by atoms with van der Waals surface area (Å²) in [4.78, 5) is 23.4. The van der Waals surface area contributed by atoms with Gasteiger partial charge >= 0.3 is 0 Å². The lowest BCUT2D eigenvalue weighted by Crippen LogP contribution is -2.33. The zero-order valence-electron chi connectivity index (χ0n) is 11.1. The number of non-ortho nitro benzene ring substituents is 1. The molecule has 0 bridgehead atoms. The summed E-state index contributed by atoms with van der Waals surface area (Å²) in [6.07, 6.45) is 0. The van der Waals surface area contributed by atoms with E-state index in [-0.39, 0.29) is 16.8 Å². The summed E-state index contributed by atoms with van der Waals surface area (Å²) in [6, 6.07) is 2.08. The highest BCUT2D eigenvalue weighted by molar-refractivity contribution is 5.95. The summed E-state index contributed by atoms with van der Waals surface area (Å²) in [7, 11) is 3.25. The van der Waals surface area contributed by atoms with E-state index in [2.05, 4.69) is 5.32 Å². The number of benzene rings is 1. The number of rotatable bonds is 5. The molecule has 0 radical (unpaired) electrons. The van der Waals surface area contributed by atoms with E-state index in [1.54, 1.807) is 7.05 Å². The Balaban J connectivity index is 3.11. The molecule has 0 aliphatic rings. The average Bonchev–Trinajstić information content (AvgIpc) is 2.37. The van der Waals surface area contributed by atoms with E-state index in [9.17, 15) is 19.3 Å². The first kappa shape index (κ1) is 15.0. The standard InChI is InChI=1S/C12H16FN3O3/c1-8-6-9(16(18)19)7-10(11(8)13)12(17)15(3)5-4-14-2/h6-7,14H,4-5H2,1-3H3. The quantitative estimate of drug-likeness (QED) is 0.646. The van der Waals surface area contributed by atoms with Crippen LogP contribution >= 0.6 is 0 Å². The van der Waals surface area contributed by atoms with Crippen LogP contribution in [0.3, 0.4) is 0 Å². The fraction of sp³-hybridized carbons (Fsp3) is 0.417. The van der Waals surface area contributed by atoms with Crippen LogP contribution < -0.4 is 5.32 Å². The van der Waals surface area contributed by atoms with Gasteiger partial charge in [0.2, 0.25) is 0 Å². The Bertz CT molecular complexity index is 505. The van der Waals surface area contributed by atoms with Gasteiger partial charge in [-0.25, -0.2) is 4.39 Å². The number of nitrogens with zero attached hydrogens (tertiary/aromatic N) is 2. The molecule has 0 heterocycles. The second kappa shape index (κ2) is 6.24. The third-order valence-corrected chi connectivity index (χ3v) is 2.72. The van der Waals surface area contributed by atoms with E-state index in [1.165, 1.54) is 18.9 Å². The van der Waals surface area contributed by atoms with Crippen LogP contribution in [0.15, 0.2) is 12.1 Å². The number of carbonyl (C=O) groups excluding carboxylic acids is 1.